The second-order valence-electron chi connectivity index (χ2n) is 5.16. The first-order valence-corrected chi connectivity index (χ1v) is 5.95. The molecular weight excluding hydrogens is 271 g/mol. The zero-order chi connectivity index (χ0) is 15.4. The first kappa shape index (κ1) is 16.3. The number of benzene rings is 1. The molecule has 112 valence electrons. The summed E-state index contributed by atoms with van der Waals surface area (Å²) >= 11 is 0. The van der Waals surface area contributed by atoms with Gasteiger partial charge in [0.25, 0.3) is 0 Å². The van der Waals surface area contributed by atoms with Crippen molar-refractivity contribution in [3.05, 3.63) is 24.3 Å². The molecule has 4 nitrogen and oxygen atoms in total. The molecule has 2 N–H and O–H groups in total. The predicted octanol–water partition coefficient (Wildman–Crippen LogP) is 3.18. The number of nitrogens with zero attached hydrogens (tertiary/aromatic N) is 1. The van der Waals surface area contributed by atoms with Crippen molar-refractivity contribution in [2.24, 2.45) is 4.99 Å². The van der Waals surface area contributed by atoms with E-state index in [1.165, 1.54) is 19.2 Å². The molecule has 0 radical (unpaired) electrons. The predicted molar refractivity (Wildman–Crippen MR) is 72.2 cm³/mol. The van der Waals surface area contributed by atoms with Crippen LogP contribution in [0.25, 0.3) is 0 Å². The van der Waals surface area contributed by atoms with E-state index in [2.05, 4.69) is 15.8 Å². The Bertz CT molecular complexity index is 461. The first-order valence-electron chi connectivity index (χ1n) is 5.95. The molecule has 0 heterocycles. The number of hydrogen-bond donors (Lipinski definition) is 2. The van der Waals surface area contributed by atoms with Crippen LogP contribution >= 0.6 is 0 Å². The third-order valence-electron chi connectivity index (χ3n) is 2.14. The van der Waals surface area contributed by atoms with E-state index in [9.17, 15) is 13.2 Å². The van der Waals surface area contributed by atoms with Gasteiger partial charge in [-0.25, -0.2) is 10.4 Å². The van der Waals surface area contributed by atoms with Crippen molar-refractivity contribution in [1.29, 1.82) is 0 Å². The maximum atomic E-state index is 12.9. The molecule has 0 saturated heterocycles. The van der Waals surface area contributed by atoms with Crippen molar-refractivity contribution in [1.82, 2.24) is 10.9 Å². The Kier molecular flexibility index (Phi) is 4.99. The van der Waals surface area contributed by atoms with Gasteiger partial charge in [0, 0.05) is 5.54 Å². The highest BCUT2D eigenvalue weighted by Crippen LogP contribution is 2.22. The minimum Gasteiger partial charge on any atom is -0.497 e. The zero-order valence-electron chi connectivity index (χ0n) is 11.8. The molecule has 0 aliphatic rings. The van der Waals surface area contributed by atoms with Crippen LogP contribution in [0, 0.1) is 0 Å². The number of aliphatic imine (C=N–C) groups is 1. The summed E-state index contributed by atoms with van der Waals surface area (Å²) in [5.74, 6) is -0.545. The highest BCUT2D eigenvalue weighted by atomic mass is 19.4. The van der Waals surface area contributed by atoms with E-state index in [1.807, 2.05) is 0 Å². The van der Waals surface area contributed by atoms with E-state index < -0.39 is 17.6 Å². The third kappa shape index (κ3) is 5.48. The zero-order valence-corrected chi connectivity index (χ0v) is 11.8. The van der Waals surface area contributed by atoms with Crippen LogP contribution in [0.15, 0.2) is 29.3 Å². The first-order chi connectivity index (χ1) is 9.12. The van der Waals surface area contributed by atoms with E-state index in [1.54, 1.807) is 32.9 Å². The van der Waals surface area contributed by atoms with Gasteiger partial charge in [-0.15, -0.1) is 0 Å². The van der Waals surface area contributed by atoms with Gasteiger partial charge in [0.05, 0.1) is 12.8 Å². The second kappa shape index (κ2) is 6.13. The van der Waals surface area contributed by atoms with Crippen LogP contribution in [0.2, 0.25) is 0 Å². The summed E-state index contributed by atoms with van der Waals surface area (Å²) in [5, 5.41) is 0. The summed E-state index contributed by atoms with van der Waals surface area (Å²) in [4.78, 5) is 3.57. The minimum atomic E-state index is -4.57. The Hall–Kier alpha value is -1.76. The smallest absolute Gasteiger partial charge is 0.450 e. The SMILES string of the molecule is COc1ccc(N=C(NNC(C)(C)C)C(F)(F)F)cc1. The van der Waals surface area contributed by atoms with Crippen LogP contribution in [-0.4, -0.2) is 24.7 Å². The molecule has 1 aromatic carbocycles. The summed E-state index contributed by atoms with van der Waals surface area (Å²) < 4.78 is 43.5. The molecule has 1 aromatic rings. The summed E-state index contributed by atoms with van der Waals surface area (Å²) in [6.07, 6.45) is -4.57. The maximum Gasteiger partial charge on any atom is 0.450 e. The number of ether oxygens (including phenoxy) is 1. The van der Waals surface area contributed by atoms with E-state index in [-0.39, 0.29) is 5.69 Å². The highest BCUT2D eigenvalue weighted by Gasteiger charge is 2.36. The maximum absolute atomic E-state index is 12.9. The number of amidine groups is 1. The average Bonchev–Trinajstić information content (AvgIpc) is 2.32. The molecule has 7 heteroatoms. The lowest BCUT2D eigenvalue weighted by atomic mass is 10.1. The van der Waals surface area contributed by atoms with Crippen molar-refractivity contribution < 1.29 is 17.9 Å². The van der Waals surface area contributed by atoms with Crippen LogP contribution in [0.4, 0.5) is 18.9 Å². The van der Waals surface area contributed by atoms with Gasteiger partial charge >= 0.3 is 6.18 Å². The number of alkyl halides is 3. The number of rotatable bonds is 3. The lowest BCUT2D eigenvalue weighted by Crippen LogP contribution is -2.52. The fourth-order valence-electron chi connectivity index (χ4n) is 1.19. The van der Waals surface area contributed by atoms with Crippen LogP contribution < -0.4 is 15.6 Å². The fourth-order valence-corrected chi connectivity index (χ4v) is 1.19. The Morgan fingerprint density at radius 1 is 1.10 bits per heavy atom. The van der Waals surface area contributed by atoms with Crippen molar-refractivity contribution in [2.75, 3.05) is 7.11 Å². The highest BCUT2D eigenvalue weighted by molar-refractivity contribution is 5.89. The van der Waals surface area contributed by atoms with Crippen LogP contribution in [-0.2, 0) is 0 Å². The van der Waals surface area contributed by atoms with Gasteiger partial charge in [0.1, 0.15) is 5.75 Å². The lowest BCUT2D eigenvalue weighted by Gasteiger charge is -2.23. The molecule has 0 fully saturated rings. The average molecular weight is 289 g/mol. The molecule has 0 aliphatic heterocycles. The van der Waals surface area contributed by atoms with Crippen LogP contribution in [0.1, 0.15) is 20.8 Å². The van der Waals surface area contributed by atoms with Crippen LogP contribution in [0.5, 0.6) is 5.75 Å². The van der Waals surface area contributed by atoms with Crippen molar-refractivity contribution in [2.45, 2.75) is 32.5 Å². The molecule has 0 aromatic heterocycles. The number of hydrogen-bond acceptors (Lipinski definition) is 3. The number of hydrazine groups is 1. The summed E-state index contributed by atoms with van der Waals surface area (Å²) in [5.41, 5.74) is 4.33. The Balaban J connectivity index is 2.94. The largest absolute Gasteiger partial charge is 0.497 e. The number of nitrogens with one attached hydrogen (secondary N) is 2. The van der Waals surface area contributed by atoms with Gasteiger partial charge in [-0.3, -0.25) is 0 Å². The topological polar surface area (TPSA) is 45.6 Å². The molecule has 0 spiro atoms. The van der Waals surface area contributed by atoms with Crippen molar-refractivity contribution in [3.63, 3.8) is 0 Å². The van der Waals surface area contributed by atoms with Gasteiger partial charge in [-0.2, -0.15) is 13.2 Å². The number of halogens is 3. The van der Waals surface area contributed by atoms with Gasteiger partial charge in [-0.1, -0.05) is 0 Å². The molecule has 1 rings (SSSR count). The van der Waals surface area contributed by atoms with Crippen molar-refractivity contribution >= 4 is 11.5 Å². The molecule has 0 saturated carbocycles. The van der Waals surface area contributed by atoms with E-state index in [4.69, 9.17) is 4.74 Å². The van der Waals surface area contributed by atoms with E-state index in [0.29, 0.717) is 5.75 Å². The van der Waals surface area contributed by atoms with E-state index in [0.717, 1.165) is 0 Å². The van der Waals surface area contributed by atoms with Gasteiger partial charge in [-0.05, 0) is 45.0 Å². The van der Waals surface area contributed by atoms with Crippen molar-refractivity contribution in [3.8, 4) is 5.75 Å². The summed E-state index contributed by atoms with van der Waals surface area (Å²) in [6, 6.07) is 5.99. The summed E-state index contributed by atoms with van der Waals surface area (Å²) in [6.45, 7) is 5.21. The number of methoxy groups -OCH3 is 1. The Morgan fingerprint density at radius 3 is 2.05 bits per heavy atom. The Morgan fingerprint density at radius 2 is 1.65 bits per heavy atom. The third-order valence-corrected chi connectivity index (χ3v) is 2.14. The molecular formula is C13H18F3N3O. The molecule has 0 atom stereocenters. The second-order valence-corrected chi connectivity index (χ2v) is 5.16. The van der Waals surface area contributed by atoms with Gasteiger partial charge in [0.2, 0.25) is 5.84 Å². The molecule has 0 amide bonds. The molecule has 0 unspecified atom stereocenters. The van der Waals surface area contributed by atoms with E-state index >= 15 is 0 Å². The van der Waals surface area contributed by atoms with Crippen LogP contribution in [0.3, 0.4) is 0 Å². The quantitative estimate of drug-likeness (QED) is 0.510. The fraction of sp³-hybridized carbons (Fsp3) is 0.462. The normalized spacial score (nSPS) is 13.2. The Labute approximate surface area is 116 Å². The molecule has 0 aliphatic carbocycles. The lowest BCUT2D eigenvalue weighted by molar-refractivity contribution is -0.0627. The van der Waals surface area contributed by atoms with Gasteiger partial charge in [0.15, 0.2) is 0 Å². The van der Waals surface area contributed by atoms with Gasteiger partial charge < -0.3 is 10.2 Å². The minimum absolute atomic E-state index is 0.182. The summed E-state index contributed by atoms with van der Waals surface area (Å²) in [7, 11) is 1.48. The standard InChI is InChI=1S/C13H18F3N3O/c1-12(2,3)19-18-11(13(14,15)16)17-9-5-7-10(20-4)8-6-9/h5-8,19H,1-4H3,(H,17,18). The molecule has 0 bridgehead atoms. The molecule has 20 heavy (non-hydrogen) atoms. The monoisotopic (exact) mass is 289 g/mol.